The number of imide groups is 1. The Kier molecular flexibility index (Phi) is 9.12. The van der Waals surface area contributed by atoms with Crippen LogP contribution in [-0.4, -0.2) is 34.2 Å². The van der Waals surface area contributed by atoms with Crippen molar-refractivity contribution >= 4 is 17.8 Å². The van der Waals surface area contributed by atoms with Crippen LogP contribution in [0, 0.1) is 18.3 Å². The average molecular weight is 391 g/mol. The van der Waals surface area contributed by atoms with Crippen LogP contribution >= 0.6 is 0 Å². The van der Waals surface area contributed by atoms with Crippen LogP contribution in [0.25, 0.3) is 0 Å². The van der Waals surface area contributed by atoms with Gasteiger partial charge >= 0.3 is 6.03 Å². The Hall–Kier alpha value is -2.41. The van der Waals surface area contributed by atoms with Crippen LogP contribution in [-0.2, 0) is 16.1 Å². The second kappa shape index (κ2) is 10.8. The van der Waals surface area contributed by atoms with E-state index in [1.807, 2.05) is 37.3 Å². The van der Waals surface area contributed by atoms with Gasteiger partial charge in [0, 0.05) is 13.0 Å². The van der Waals surface area contributed by atoms with Gasteiger partial charge in [0.1, 0.15) is 6.04 Å². The molecule has 0 saturated heterocycles. The Morgan fingerprint density at radius 2 is 1.79 bits per heavy atom. The van der Waals surface area contributed by atoms with Gasteiger partial charge in [-0.15, -0.1) is 5.06 Å². The van der Waals surface area contributed by atoms with Gasteiger partial charge in [-0.2, -0.15) is 0 Å². The third kappa shape index (κ3) is 8.08. The molecule has 0 bridgehead atoms. The summed E-state index contributed by atoms with van der Waals surface area (Å²) in [6.45, 7) is 11.4. The van der Waals surface area contributed by atoms with Crippen LogP contribution in [0.1, 0.15) is 52.5 Å². The number of hydroxylamine groups is 2. The highest BCUT2D eigenvalue weighted by Crippen LogP contribution is 2.20. The average Bonchev–Trinajstić information content (AvgIpc) is 2.62. The van der Waals surface area contributed by atoms with E-state index < -0.39 is 29.3 Å². The van der Waals surface area contributed by atoms with E-state index in [1.54, 1.807) is 20.8 Å². The standard InChI is InChI=1S/C21H32N3O4/c1-15(2)10-9-13-17(25)24(28)20(27)23-18(21(3,4)5)19(26)22-14-16-11-7-6-8-12-16/h6-8,11-12,15,18,28H,1,9-10,13-14H2,2-5H3,(H,22,26)(H,23,27). The first kappa shape index (κ1) is 23.6. The quantitative estimate of drug-likeness (QED) is 0.468. The first-order valence-electron chi connectivity index (χ1n) is 9.49. The molecule has 0 spiro atoms. The molecule has 1 radical (unpaired) electrons. The molecule has 7 heteroatoms. The lowest BCUT2D eigenvalue weighted by Crippen LogP contribution is -2.56. The predicted molar refractivity (Wildman–Crippen MR) is 107 cm³/mol. The van der Waals surface area contributed by atoms with E-state index in [9.17, 15) is 19.6 Å². The van der Waals surface area contributed by atoms with Crippen molar-refractivity contribution in [3.8, 4) is 0 Å². The SMILES string of the molecule is [CH2]C(C)CCCC(=O)N(O)C(=O)NC(C(=O)NCc1ccccc1)C(C)(C)C. The van der Waals surface area contributed by atoms with Crippen molar-refractivity contribution < 1.29 is 19.6 Å². The van der Waals surface area contributed by atoms with Crippen molar-refractivity contribution in [2.45, 2.75) is 59.5 Å². The first-order valence-corrected chi connectivity index (χ1v) is 9.49. The number of urea groups is 1. The molecule has 155 valence electrons. The van der Waals surface area contributed by atoms with Crippen molar-refractivity contribution in [3.63, 3.8) is 0 Å². The van der Waals surface area contributed by atoms with Gasteiger partial charge in [-0.1, -0.05) is 71.4 Å². The Labute approximate surface area is 167 Å². The summed E-state index contributed by atoms with van der Waals surface area (Å²) in [6.07, 6.45) is 1.27. The molecule has 1 aromatic carbocycles. The summed E-state index contributed by atoms with van der Waals surface area (Å²) in [4.78, 5) is 36.9. The van der Waals surface area contributed by atoms with E-state index in [2.05, 4.69) is 17.6 Å². The normalized spacial score (nSPS) is 12.4. The third-order valence-corrected chi connectivity index (χ3v) is 4.22. The van der Waals surface area contributed by atoms with Crippen LogP contribution in [0.5, 0.6) is 0 Å². The summed E-state index contributed by atoms with van der Waals surface area (Å²) in [5.74, 6) is -0.917. The van der Waals surface area contributed by atoms with Gasteiger partial charge in [0.15, 0.2) is 0 Å². The van der Waals surface area contributed by atoms with E-state index in [4.69, 9.17) is 0 Å². The van der Waals surface area contributed by atoms with Gasteiger partial charge in [0.05, 0.1) is 0 Å². The van der Waals surface area contributed by atoms with E-state index in [0.717, 1.165) is 5.56 Å². The molecule has 0 aromatic heterocycles. The zero-order valence-corrected chi connectivity index (χ0v) is 17.2. The van der Waals surface area contributed by atoms with Crippen molar-refractivity contribution in [3.05, 3.63) is 42.8 Å². The van der Waals surface area contributed by atoms with E-state index in [-0.39, 0.29) is 17.4 Å². The molecule has 3 N–H and O–H groups in total. The highest BCUT2D eigenvalue weighted by atomic mass is 16.5. The monoisotopic (exact) mass is 390 g/mol. The molecule has 1 aromatic rings. The lowest BCUT2D eigenvalue weighted by atomic mass is 9.86. The van der Waals surface area contributed by atoms with Crippen molar-refractivity contribution in [2.75, 3.05) is 0 Å². The molecule has 0 aliphatic heterocycles. The van der Waals surface area contributed by atoms with Crippen molar-refractivity contribution in [2.24, 2.45) is 11.3 Å². The zero-order valence-electron chi connectivity index (χ0n) is 17.2. The zero-order chi connectivity index (χ0) is 21.3. The topological polar surface area (TPSA) is 98.7 Å². The largest absolute Gasteiger partial charge is 0.350 e. The van der Waals surface area contributed by atoms with Gasteiger partial charge < -0.3 is 10.6 Å². The Morgan fingerprint density at radius 3 is 2.32 bits per heavy atom. The number of carbonyl (C=O) groups is 3. The molecule has 0 saturated carbocycles. The molecular formula is C21H32N3O4. The second-order valence-electron chi connectivity index (χ2n) is 8.15. The molecule has 2 unspecified atom stereocenters. The number of nitrogens with one attached hydrogen (secondary N) is 2. The van der Waals surface area contributed by atoms with Crippen molar-refractivity contribution in [1.82, 2.24) is 15.7 Å². The van der Waals surface area contributed by atoms with E-state index >= 15 is 0 Å². The molecule has 1 rings (SSSR count). The second-order valence-corrected chi connectivity index (χ2v) is 8.15. The van der Waals surface area contributed by atoms with Crippen LogP contribution < -0.4 is 10.6 Å². The number of amides is 4. The Morgan fingerprint density at radius 1 is 1.18 bits per heavy atom. The highest BCUT2D eigenvalue weighted by molar-refractivity contribution is 5.95. The number of rotatable bonds is 8. The van der Waals surface area contributed by atoms with Gasteiger partial charge in [-0.3, -0.25) is 14.8 Å². The van der Waals surface area contributed by atoms with Crippen LogP contribution in [0.3, 0.4) is 0 Å². The number of carbonyl (C=O) groups excluding carboxylic acids is 3. The fourth-order valence-electron chi connectivity index (χ4n) is 2.57. The molecule has 7 nitrogen and oxygen atoms in total. The number of nitrogens with zero attached hydrogens (tertiary/aromatic N) is 1. The number of benzene rings is 1. The van der Waals surface area contributed by atoms with Gasteiger partial charge in [0.2, 0.25) is 5.91 Å². The fourth-order valence-corrected chi connectivity index (χ4v) is 2.57. The summed E-state index contributed by atoms with van der Waals surface area (Å²) in [5, 5.41) is 15.2. The first-order chi connectivity index (χ1) is 13.0. The Balaban J connectivity index is 2.67. The van der Waals surface area contributed by atoms with E-state index in [1.165, 1.54) is 0 Å². The molecule has 4 amide bonds. The van der Waals surface area contributed by atoms with E-state index in [0.29, 0.717) is 19.4 Å². The molecule has 0 aliphatic carbocycles. The lowest BCUT2D eigenvalue weighted by Gasteiger charge is -2.31. The molecule has 28 heavy (non-hydrogen) atoms. The summed E-state index contributed by atoms with van der Waals surface area (Å²) in [5.41, 5.74) is 0.303. The summed E-state index contributed by atoms with van der Waals surface area (Å²) < 4.78 is 0. The van der Waals surface area contributed by atoms with Gasteiger partial charge in [0.25, 0.3) is 5.91 Å². The molecule has 0 heterocycles. The predicted octanol–water partition coefficient (Wildman–Crippen LogP) is 3.29. The summed E-state index contributed by atoms with van der Waals surface area (Å²) in [7, 11) is 0. The maximum absolute atomic E-state index is 12.6. The Bertz CT molecular complexity index is 653. The summed E-state index contributed by atoms with van der Waals surface area (Å²) >= 11 is 0. The number of hydrogen-bond acceptors (Lipinski definition) is 4. The maximum atomic E-state index is 12.6. The lowest BCUT2D eigenvalue weighted by molar-refractivity contribution is -0.153. The van der Waals surface area contributed by atoms with Crippen molar-refractivity contribution in [1.29, 1.82) is 0 Å². The van der Waals surface area contributed by atoms with Crippen LogP contribution in [0.4, 0.5) is 4.79 Å². The molecular weight excluding hydrogens is 358 g/mol. The maximum Gasteiger partial charge on any atom is 0.349 e. The highest BCUT2D eigenvalue weighted by Gasteiger charge is 2.34. The van der Waals surface area contributed by atoms with Crippen LogP contribution in [0.15, 0.2) is 30.3 Å². The summed E-state index contributed by atoms with van der Waals surface area (Å²) in [6, 6.07) is 7.45. The minimum Gasteiger partial charge on any atom is -0.350 e. The molecule has 0 aliphatic rings. The molecule has 0 fully saturated rings. The fraction of sp³-hybridized carbons (Fsp3) is 0.524. The smallest absolute Gasteiger partial charge is 0.349 e. The van der Waals surface area contributed by atoms with Gasteiger partial charge in [-0.25, -0.2) is 4.79 Å². The minimum absolute atomic E-state index is 0.0319. The van der Waals surface area contributed by atoms with Crippen LogP contribution in [0.2, 0.25) is 0 Å². The number of hydrogen-bond donors (Lipinski definition) is 3. The minimum atomic E-state index is -1.01. The third-order valence-electron chi connectivity index (χ3n) is 4.22. The van der Waals surface area contributed by atoms with Gasteiger partial charge in [-0.05, 0) is 23.3 Å². The molecule has 2 atom stereocenters.